The monoisotopic (exact) mass is 213 g/mol. The van der Waals surface area contributed by atoms with Crippen molar-refractivity contribution in [3.63, 3.8) is 0 Å². The zero-order valence-electron chi connectivity index (χ0n) is 9.84. The first-order valence-electron chi connectivity index (χ1n) is 6.40. The molecule has 16 heavy (non-hydrogen) atoms. The third kappa shape index (κ3) is 1.64. The summed E-state index contributed by atoms with van der Waals surface area (Å²) in [5.41, 5.74) is 5.67. The maximum Gasteiger partial charge on any atom is 0.0366 e. The number of benzene rings is 1. The number of hydrogen-bond acceptors (Lipinski definition) is 1. The van der Waals surface area contributed by atoms with Crippen molar-refractivity contribution in [2.45, 2.75) is 32.1 Å². The van der Waals surface area contributed by atoms with Gasteiger partial charge in [0.25, 0.3) is 0 Å². The van der Waals surface area contributed by atoms with Crippen molar-refractivity contribution in [1.82, 2.24) is 4.90 Å². The van der Waals surface area contributed by atoms with E-state index in [0.29, 0.717) is 0 Å². The molecule has 1 saturated heterocycles. The first-order valence-corrected chi connectivity index (χ1v) is 6.40. The van der Waals surface area contributed by atoms with Crippen LogP contribution in [0.15, 0.2) is 24.8 Å². The fourth-order valence-electron chi connectivity index (χ4n) is 2.92. The minimum atomic E-state index is 1.19. The Morgan fingerprint density at radius 3 is 2.56 bits per heavy atom. The summed E-state index contributed by atoms with van der Waals surface area (Å²) in [7, 11) is 0. The van der Waals surface area contributed by atoms with Gasteiger partial charge in [-0.05, 0) is 54.9 Å². The predicted octanol–water partition coefficient (Wildman–Crippen LogP) is 3.24. The Bertz CT molecular complexity index is 413. The van der Waals surface area contributed by atoms with Crippen LogP contribution >= 0.6 is 0 Å². The largest absolute Gasteiger partial charge is 0.372 e. The maximum atomic E-state index is 4.26. The third-order valence-electron chi connectivity index (χ3n) is 3.92. The van der Waals surface area contributed by atoms with Crippen molar-refractivity contribution >= 4 is 5.70 Å². The molecule has 84 valence electrons. The summed E-state index contributed by atoms with van der Waals surface area (Å²) in [6, 6.07) is 6.92. The van der Waals surface area contributed by atoms with Crippen LogP contribution in [0.1, 0.15) is 36.0 Å². The van der Waals surface area contributed by atoms with E-state index in [1.807, 2.05) is 0 Å². The van der Waals surface area contributed by atoms with E-state index in [9.17, 15) is 0 Å². The van der Waals surface area contributed by atoms with Crippen molar-refractivity contribution in [3.8, 4) is 0 Å². The van der Waals surface area contributed by atoms with Gasteiger partial charge in [-0.2, -0.15) is 0 Å². The zero-order chi connectivity index (χ0) is 11.0. The first-order chi connectivity index (χ1) is 7.84. The van der Waals surface area contributed by atoms with Gasteiger partial charge < -0.3 is 4.90 Å². The molecule has 0 bridgehead atoms. The Kier molecular flexibility index (Phi) is 2.47. The molecule has 1 aromatic rings. The molecule has 0 N–H and O–H groups in total. The highest BCUT2D eigenvalue weighted by Gasteiger charge is 2.16. The van der Waals surface area contributed by atoms with Crippen LogP contribution in [0.3, 0.4) is 0 Å². The number of rotatable bonds is 2. The van der Waals surface area contributed by atoms with Gasteiger partial charge in [0.1, 0.15) is 0 Å². The lowest BCUT2D eigenvalue weighted by Crippen LogP contribution is -2.16. The molecular weight excluding hydrogens is 194 g/mol. The SMILES string of the molecule is C=C(c1ccc2c(c1)CCC2)N1CCCC1. The average molecular weight is 213 g/mol. The quantitative estimate of drug-likeness (QED) is 0.729. The molecular formula is C15H19N. The molecule has 0 aromatic heterocycles. The molecule has 1 aliphatic carbocycles. The second-order valence-corrected chi connectivity index (χ2v) is 4.98. The Hall–Kier alpha value is -1.24. The summed E-state index contributed by atoms with van der Waals surface area (Å²) >= 11 is 0. The summed E-state index contributed by atoms with van der Waals surface area (Å²) in [6.07, 6.45) is 6.51. The van der Waals surface area contributed by atoms with E-state index in [-0.39, 0.29) is 0 Å². The van der Waals surface area contributed by atoms with E-state index in [1.165, 1.54) is 56.5 Å². The molecule has 0 amide bonds. The Morgan fingerprint density at radius 1 is 1.00 bits per heavy atom. The highest BCUT2D eigenvalue weighted by Crippen LogP contribution is 2.28. The highest BCUT2D eigenvalue weighted by molar-refractivity contribution is 5.63. The maximum absolute atomic E-state index is 4.26. The van der Waals surface area contributed by atoms with E-state index < -0.39 is 0 Å². The van der Waals surface area contributed by atoms with Gasteiger partial charge in [-0.15, -0.1) is 0 Å². The van der Waals surface area contributed by atoms with Crippen LogP contribution in [-0.2, 0) is 12.8 Å². The summed E-state index contributed by atoms with van der Waals surface area (Å²) in [5, 5.41) is 0. The first kappa shape index (κ1) is 9.95. The fourth-order valence-corrected chi connectivity index (χ4v) is 2.92. The molecule has 0 unspecified atom stereocenters. The minimum absolute atomic E-state index is 1.19. The van der Waals surface area contributed by atoms with Crippen LogP contribution in [0.2, 0.25) is 0 Å². The summed E-state index contributed by atoms with van der Waals surface area (Å²) < 4.78 is 0. The minimum Gasteiger partial charge on any atom is -0.372 e. The van der Waals surface area contributed by atoms with E-state index in [1.54, 1.807) is 11.1 Å². The van der Waals surface area contributed by atoms with Gasteiger partial charge in [-0.25, -0.2) is 0 Å². The number of hydrogen-bond donors (Lipinski definition) is 0. The molecule has 3 rings (SSSR count). The van der Waals surface area contributed by atoms with Crippen LogP contribution < -0.4 is 0 Å². The Balaban J connectivity index is 1.86. The summed E-state index contributed by atoms with van der Waals surface area (Å²) in [4.78, 5) is 2.43. The number of aryl methyl sites for hydroxylation is 2. The van der Waals surface area contributed by atoms with Crippen LogP contribution in [0.5, 0.6) is 0 Å². The lowest BCUT2D eigenvalue weighted by Gasteiger charge is -2.21. The molecule has 1 heterocycles. The van der Waals surface area contributed by atoms with E-state index in [0.717, 1.165) is 0 Å². The van der Waals surface area contributed by atoms with Gasteiger partial charge in [0, 0.05) is 18.8 Å². The fraction of sp³-hybridized carbons (Fsp3) is 0.467. The van der Waals surface area contributed by atoms with E-state index in [4.69, 9.17) is 0 Å². The molecule has 1 fully saturated rings. The highest BCUT2D eigenvalue weighted by atomic mass is 15.1. The van der Waals surface area contributed by atoms with Gasteiger partial charge >= 0.3 is 0 Å². The van der Waals surface area contributed by atoms with Crippen LogP contribution in [-0.4, -0.2) is 18.0 Å². The Morgan fingerprint density at radius 2 is 1.75 bits per heavy atom. The van der Waals surface area contributed by atoms with Crippen molar-refractivity contribution < 1.29 is 0 Å². The van der Waals surface area contributed by atoms with Crippen molar-refractivity contribution in [2.24, 2.45) is 0 Å². The van der Waals surface area contributed by atoms with Crippen molar-refractivity contribution in [1.29, 1.82) is 0 Å². The number of likely N-dealkylation sites (tertiary alicyclic amines) is 1. The number of nitrogens with zero attached hydrogens (tertiary/aromatic N) is 1. The molecule has 2 aliphatic rings. The molecule has 1 nitrogen and oxygen atoms in total. The standard InChI is InChI=1S/C15H19N/c1-12(16-9-2-3-10-16)14-8-7-13-5-4-6-15(13)11-14/h7-8,11H,1-6,9-10H2. The lowest BCUT2D eigenvalue weighted by atomic mass is 10.0. The third-order valence-corrected chi connectivity index (χ3v) is 3.92. The van der Waals surface area contributed by atoms with E-state index in [2.05, 4.69) is 29.7 Å². The topological polar surface area (TPSA) is 3.24 Å². The summed E-state index contributed by atoms with van der Waals surface area (Å²) in [5.74, 6) is 0. The Labute approximate surface area is 97.8 Å². The van der Waals surface area contributed by atoms with Gasteiger partial charge in [0.2, 0.25) is 0 Å². The molecule has 1 aliphatic heterocycles. The molecule has 1 heteroatoms. The molecule has 0 radical (unpaired) electrons. The van der Waals surface area contributed by atoms with Gasteiger partial charge in [-0.3, -0.25) is 0 Å². The lowest BCUT2D eigenvalue weighted by molar-refractivity contribution is 0.494. The van der Waals surface area contributed by atoms with Gasteiger partial charge in [0.15, 0.2) is 0 Å². The van der Waals surface area contributed by atoms with E-state index >= 15 is 0 Å². The second-order valence-electron chi connectivity index (χ2n) is 4.98. The van der Waals surface area contributed by atoms with Crippen LogP contribution in [0.4, 0.5) is 0 Å². The van der Waals surface area contributed by atoms with Crippen LogP contribution in [0.25, 0.3) is 5.70 Å². The normalized spacial score (nSPS) is 18.9. The summed E-state index contributed by atoms with van der Waals surface area (Å²) in [6.45, 7) is 6.64. The molecule has 0 atom stereocenters. The van der Waals surface area contributed by atoms with Crippen molar-refractivity contribution in [2.75, 3.05) is 13.1 Å². The molecule has 1 aromatic carbocycles. The zero-order valence-corrected chi connectivity index (χ0v) is 9.84. The average Bonchev–Trinajstić information content (AvgIpc) is 2.98. The van der Waals surface area contributed by atoms with Gasteiger partial charge in [-0.1, -0.05) is 18.7 Å². The second kappa shape index (κ2) is 3.97. The predicted molar refractivity (Wildman–Crippen MR) is 68.3 cm³/mol. The number of fused-ring (bicyclic) bond motifs is 1. The van der Waals surface area contributed by atoms with Crippen LogP contribution in [0, 0.1) is 0 Å². The van der Waals surface area contributed by atoms with Gasteiger partial charge in [0.05, 0.1) is 0 Å². The molecule has 0 saturated carbocycles. The molecule has 0 spiro atoms. The smallest absolute Gasteiger partial charge is 0.0366 e. The van der Waals surface area contributed by atoms with Crippen molar-refractivity contribution in [3.05, 3.63) is 41.5 Å².